The first-order valence-electron chi connectivity index (χ1n) is 4.57. The lowest BCUT2D eigenvalue weighted by atomic mass is 10.2. The van der Waals surface area contributed by atoms with Crippen LogP contribution in [0.2, 0.25) is 0 Å². The standard InChI is InChI=1S/C11H18O3/c1-8(2)14-11(12)9(3)6-7-10(4)13-5/h7-8H,3,6H2,1-2,4-5H3/b10-7+. The van der Waals surface area contributed by atoms with Crippen LogP contribution in [0, 0.1) is 0 Å². The fourth-order valence-corrected chi connectivity index (χ4v) is 0.731. The van der Waals surface area contributed by atoms with Gasteiger partial charge in [0.05, 0.1) is 19.0 Å². The fourth-order valence-electron chi connectivity index (χ4n) is 0.731. The lowest BCUT2D eigenvalue weighted by Gasteiger charge is -2.08. The van der Waals surface area contributed by atoms with E-state index in [0.29, 0.717) is 12.0 Å². The van der Waals surface area contributed by atoms with E-state index in [2.05, 4.69) is 6.58 Å². The van der Waals surface area contributed by atoms with Crippen molar-refractivity contribution in [1.82, 2.24) is 0 Å². The summed E-state index contributed by atoms with van der Waals surface area (Å²) in [7, 11) is 1.58. The van der Waals surface area contributed by atoms with Gasteiger partial charge in [-0.15, -0.1) is 0 Å². The molecule has 0 rings (SSSR count). The molecule has 0 radical (unpaired) electrons. The Morgan fingerprint density at radius 1 is 1.50 bits per heavy atom. The fraction of sp³-hybridized carbons (Fsp3) is 0.545. The molecule has 0 saturated heterocycles. The van der Waals surface area contributed by atoms with Crippen molar-refractivity contribution >= 4 is 5.97 Å². The smallest absolute Gasteiger partial charge is 0.333 e. The molecule has 0 aromatic rings. The van der Waals surface area contributed by atoms with Crippen LogP contribution < -0.4 is 0 Å². The SMILES string of the molecule is C=C(C/C=C(\C)OC)C(=O)OC(C)C. The van der Waals surface area contributed by atoms with Crippen molar-refractivity contribution in [3.63, 3.8) is 0 Å². The van der Waals surface area contributed by atoms with Crippen molar-refractivity contribution in [3.05, 3.63) is 24.0 Å². The third-order valence-electron chi connectivity index (χ3n) is 1.59. The number of carbonyl (C=O) groups is 1. The first kappa shape index (κ1) is 12.8. The summed E-state index contributed by atoms with van der Waals surface area (Å²) in [6.45, 7) is 9.07. The summed E-state index contributed by atoms with van der Waals surface area (Å²) in [5, 5.41) is 0. The van der Waals surface area contributed by atoms with Crippen LogP contribution in [-0.4, -0.2) is 19.2 Å². The molecule has 0 N–H and O–H groups in total. The number of carbonyl (C=O) groups excluding carboxylic acids is 1. The van der Waals surface area contributed by atoms with Gasteiger partial charge in [0.15, 0.2) is 0 Å². The molecule has 0 aliphatic carbocycles. The van der Waals surface area contributed by atoms with Crippen LogP contribution in [0.4, 0.5) is 0 Å². The molecule has 0 bridgehead atoms. The van der Waals surface area contributed by atoms with E-state index in [-0.39, 0.29) is 12.1 Å². The van der Waals surface area contributed by atoms with Gasteiger partial charge in [-0.25, -0.2) is 4.79 Å². The summed E-state index contributed by atoms with van der Waals surface area (Å²) in [6.07, 6.45) is 2.15. The molecule has 0 aliphatic rings. The molecule has 0 aromatic carbocycles. The number of ether oxygens (including phenoxy) is 2. The Labute approximate surface area is 85.4 Å². The van der Waals surface area contributed by atoms with E-state index in [9.17, 15) is 4.79 Å². The first-order valence-corrected chi connectivity index (χ1v) is 4.57. The number of rotatable bonds is 5. The van der Waals surface area contributed by atoms with Gasteiger partial charge in [0.25, 0.3) is 0 Å². The van der Waals surface area contributed by atoms with Crippen LogP contribution in [0.15, 0.2) is 24.0 Å². The van der Waals surface area contributed by atoms with Gasteiger partial charge >= 0.3 is 5.97 Å². The Balaban J connectivity index is 4.03. The number of allylic oxidation sites excluding steroid dienone is 2. The largest absolute Gasteiger partial charge is 0.502 e. The van der Waals surface area contributed by atoms with Crippen molar-refractivity contribution in [1.29, 1.82) is 0 Å². The molecule has 0 aliphatic heterocycles. The first-order chi connectivity index (χ1) is 6.47. The van der Waals surface area contributed by atoms with Gasteiger partial charge in [0.1, 0.15) is 0 Å². The normalized spacial score (nSPS) is 11.4. The van der Waals surface area contributed by atoms with Gasteiger partial charge in [0.2, 0.25) is 0 Å². The molecular formula is C11H18O3. The highest BCUT2D eigenvalue weighted by molar-refractivity contribution is 5.88. The van der Waals surface area contributed by atoms with E-state index >= 15 is 0 Å². The van der Waals surface area contributed by atoms with Crippen molar-refractivity contribution < 1.29 is 14.3 Å². The third kappa shape index (κ3) is 5.41. The Morgan fingerprint density at radius 3 is 2.50 bits per heavy atom. The number of methoxy groups -OCH3 is 1. The molecule has 0 atom stereocenters. The summed E-state index contributed by atoms with van der Waals surface area (Å²) in [6, 6.07) is 0. The van der Waals surface area contributed by atoms with E-state index in [1.165, 1.54) is 0 Å². The number of hydrogen-bond acceptors (Lipinski definition) is 3. The van der Waals surface area contributed by atoms with Crippen LogP contribution in [0.25, 0.3) is 0 Å². The lowest BCUT2D eigenvalue weighted by Crippen LogP contribution is -2.12. The Bertz CT molecular complexity index is 239. The topological polar surface area (TPSA) is 35.5 Å². The second-order valence-corrected chi connectivity index (χ2v) is 3.28. The zero-order valence-electron chi connectivity index (χ0n) is 9.29. The van der Waals surface area contributed by atoms with E-state index < -0.39 is 0 Å². The molecule has 3 heteroatoms. The monoisotopic (exact) mass is 198 g/mol. The lowest BCUT2D eigenvalue weighted by molar-refractivity contribution is -0.142. The molecule has 0 saturated carbocycles. The molecule has 0 spiro atoms. The Hall–Kier alpha value is -1.25. The molecule has 3 nitrogen and oxygen atoms in total. The number of hydrogen-bond donors (Lipinski definition) is 0. The molecule has 0 amide bonds. The minimum atomic E-state index is -0.347. The highest BCUT2D eigenvalue weighted by atomic mass is 16.5. The molecule has 0 unspecified atom stereocenters. The van der Waals surface area contributed by atoms with Crippen molar-refractivity contribution in [3.8, 4) is 0 Å². The zero-order chi connectivity index (χ0) is 11.1. The molecular weight excluding hydrogens is 180 g/mol. The summed E-state index contributed by atoms with van der Waals surface area (Å²) < 4.78 is 9.90. The van der Waals surface area contributed by atoms with Crippen molar-refractivity contribution in [2.75, 3.05) is 7.11 Å². The van der Waals surface area contributed by atoms with Gasteiger partial charge in [-0.1, -0.05) is 6.58 Å². The predicted octanol–water partition coefficient (Wildman–Crippen LogP) is 2.43. The van der Waals surface area contributed by atoms with Crippen LogP contribution in [0.5, 0.6) is 0 Å². The maximum absolute atomic E-state index is 11.3. The molecule has 0 heterocycles. The second-order valence-electron chi connectivity index (χ2n) is 3.28. The highest BCUT2D eigenvalue weighted by Gasteiger charge is 2.08. The van der Waals surface area contributed by atoms with E-state index in [0.717, 1.165) is 5.76 Å². The minimum Gasteiger partial charge on any atom is -0.502 e. The van der Waals surface area contributed by atoms with Crippen LogP contribution in [-0.2, 0) is 14.3 Å². The van der Waals surface area contributed by atoms with E-state index in [1.54, 1.807) is 27.0 Å². The molecule has 80 valence electrons. The van der Waals surface area contributed by atoms with Gasteiger partial charge in [-0.05, 0) is 26.8 Å². The van der Waals surface area contributed by atoms with Gasteiger partial charge in [-0.2, -0.15) is 0 Å². The van der Waals surface area contributed by atoms with E-state index in [1.807, 2.05) is 6.92 Å². The van der Waals surface area contributed by atoms with Crippen LogP contribution >= 0.6 is 0 Å². The minimum absolute atomic E-state index is 0.105. The van der Waals surface area contributed by atoms with Crippen LogP contribution in [0.1, 0.15) is 27.2 Å². The van der Waals surface area contributed by atoms with Crippen molar-refractivity contribution in [2.45, 2.75) is 33.3 Å². The van der Waals surface area contributed by atoms with E-state index in [4.69, 9.17) is 9.47 Å². The molecule has 14 heavy (non-hydrogen) atoms. The zero-order valence-corrected chi connectivity index (χ0v) is 9.29. The van der Waals surface area contributed by atoms with Gasteiger partial charge in [0, 0.05) is 12.0 Å². The Morgan fingerprint density at radius 2 is 2.07 bits per heavy atom. The second kappa shape index (κ2) is 6.24. The maximum Gasteiger partial charge on any atom is 0.333 e. The van der Waals surface area contributed by atoms with Crippen molar-refractivity contribution in [2.24, 2.45) is 0 Å². The summed E-state index contributed by atoms with van der Waals surface area (Å²) in [4.78, 5) is 11.3. The molecule has 0 fully saturated rings. The number of esters is 1. The predicted molar refractivity (Wildman–Crippen MR) is 55.8 cm³/mol. The van der Waals surface area contributed by atoms with Gasteiger partial charge in [-0.3, -0.25) is 0 Å². The average molecular weight is 198 g/mol. The maximum atomic E-state index is 11.3. The summed E-state index contributed by atoms with van der Waals surface area (Å²) >= 11 is 0. The molecule has 0 aromatic heterocycles. The highest BCUT2D eigenvalue weighted by Crippen LogP contribution is 2.06. The Kier molecular flexibility index (Phi) is 5.68. The third-order valence-corrected chi connectivity index (χ3v) is 1.59. The summed E-state index contributed by atoms with van der Waals surface area (Å²) in [5.74, 6) is 0.420. The van der Waals surface area contributed by atoms with Crippen LogP contribution in [0.3, 0.4) is 0 Å². The average Bonchev–Trinajstić information content (AvgIpc) is 2.12. The quantitative estimate of drug-likeness (QED) is 0.386. The summed E-state index contributed by atoms with van der Waals surface area (Å²) in [5.41, 5.74) is 0.440. The van der Waals surface area contributed by atoms with Gasteiger partial charge < -0.3 is 9.47 Å².